The predicted molar refractivity (Wildman–Crippen MR) is 80.4 cm³/mol. The lowest BCUT2D eigenvalue weighted by Crippen LogP contribution is -2.29. The monoisotopic (exact) mass is 334 g/mol. The van der Waals surface area contributed by atoms with Gasteiger partial charge < -0.3 is 14.8 Å². The average Bonchev–Trinajstić information content (AvgIpc) is 2.48. The molecule has 0 heterocycles. The van der Waals surface area contributed by atoms with E-state index >= 15 is 0 Å². The Morgan fingerprint density at radius 2 is 1.65 bits per heavy atom. The fourth-order valence-corrected chi connectivity index (χ4v) is 2.15. The quantitative estimate of drug-likeness (QED) is 0.495. The molecular formula is C14H12BBrO4. The maximum atomic E-state index is 10.6. The van der Waals surface area contributed by atoms with Crippen LogP contribution in [-0.2, 0) is 0 Å². The van der Waals surface area contributed by atoms with Gasteiger partial charge in [0, 0.05) is 11.1 Å². The van der Waals surface area contributed by atoms with Crippen molar-refractivity contribution in [1.82, 2.24) is 0 Å². The first-order valence-electron chi connectivity index (χ1n) is 5.92. The fraction of sp³-hybridized carbons (Fsp3) is 0.0714. The Morgan fingerprint density at radius 1 is 1.05 bits per heavy atom. The van der Waals surface area contributed by atoms with E-state index in [0.29, 0.717) is 16.8 Å². The molecule has 6 heteroatoms. The summed E-state index contributed by atoms with van der Waals surface area (Å²) in [5, 5.41) is 17.6. The van der Waals surface area contributed by atoms with E-state index in [1.54, 1.807) is 48.5 Å². The van der Waals surface area contributed by atoms with Crippen molar-refractivity contribution in [3.05, 3.63) is 59.7 Å². The Labute approximate surface area is 125 Å². The van der Waals surface area contributed by atoms with Gasteiger partial charge in [0.1, 0.15) is 12.0 Å². The number of carbonyl (C=O) groups is 1. The molecule has 20 heavy (non-hydrogen) atoms. The molecule has 1 atom stereocenters. The molecule has 0 saturated carbocycles. The maximum absolute atomic E-state index is 10.6. The molecule has 0 spiro atoms. The van der Waals surface area contributed by atoms with Crippen LogP contribution < -0.4 is 10.2 Å². The Hall–Kier alpha value is -1.63. The lowest BCUT2D eigenvalue weighted by atomic mass is 9.80. The third-order valence-corrected chi connectivity index (χ3v) is 3.47. The Morgan fingerprint density at radius 3 is 2.15 bits per heavy atom. The second-order valence-corrected chi connectivity index (χ2v) is 4.99. The first-order chi connectivity index (χ1) is 9.60. The van der Waals surface area contributed by atoms with Crippen LogP contribution in [0.2, 0.25) is 0 Å². The summed E-state index contributed by atoms with van der Waals surface area (Å²) in [5.41, 5.74) is 1.88. The van der Waals surface area contributed by atoms with Crippen molar-refractivity contribution >= 4 is 34.8 Å². The number of hydrogen-bond donors (Lipinski definition) is 2. The zero-order chi connectivity index (χ0) is 14.5. The van der Waals surface area contributed by atoms with Crippen LogP contribution in [0.5, 0.6) is 5.75 Å². The van der Waals surface area contributed by atoms with Gasteiger partial charge in [-0.15, -0.1) is 0 Å². The van der Waals surface area contributed by atoms with Gasteiger partial charge in [-0.25, -0.2) is 0 Å². The molecule has 1 unspecified atom stereocenters. The SMILES string of the molecule is O=Cc1ccc(C(Br)Oc2ccc(B(O)O)cc2)cc1. The van der Waals surface area contributed by atoms with Crippen molar-refractivity contribution in [3.63, 3.8) is 0 Å². The molecule has 0 aliphatic carbocycles. The zero-order valence-corrected chi connectivity index (χ0v) is 12.0. The summed E-state index contributed by atoms with van der Waals surface area (Å²) in [7, 11) is -1.49. The van der Waals surface area contributed by atoms with Crippen LogP contribution in [0.1, 0.15) is 20.9 Å². The lowest BCUT2D eigenvalue weighted by Gasteiger charge is -2.14. The van der Waals surface area contributed by atoms with Gasteiger partial charge in [0.2, 0.25) is 0 Å². The van der Waals surface area contributed by atoms with Crippen LogP contribution >= 0.6 is 15.9 Å². The Bertz CT molecular complexity index is 569. The van der Waals surface area contributed by atoms with E-state index in [4.69, 9.17) is 14.8 Å². The molecule has 4 nitrogen and oxygen atoms in total. The molecule has 0 saturated heterocycles. The molecule has 2 aromatic rings. The molecule has 0 bridgehead atoms. The number of hydrogen-bond acceptors (Lipinski definition) is 4. The minimum Gasteiger partial charge on any atom is -0.474 e. The fourth-order valence-electron chi connectivity index (χ4n) is 1.63. The average molecular weight is 335 g/mol. The van der Waals surface area contributed by atoms with Crippen LogP contribution in [-0.4, -0.2) is 23.5 Å². The largest absolute Gasteiger partial charge is 0.488 e. The Balaban J connectivity index is 2.06. The Kier molecular flexibility index (Phi) is 4.95. The number of aldehydes is 1. The van der Waals surface area contributed by atoms with Gasteiger partial charge in [-0.2, -0.15) is 0 Å². The summed E-state index contributed by atoms with van der Waals surface area (Å²) in [6, 6.07) is 13.5. The minimum absolute atomic E-state index is 0.354. The van der Waals surface area contributed by atoms with E-state index in [1.807, 2.05) is 0 Å². The first kappa shape index (κ1) is 14.8. The van der Waals surface area contributed by atoms with Crippen LogP contribution in [0.4, 0.5) is 0 Å². The smallest absolute Gasteiger partial charge is 0.474 e. The molecule has 0 aromatic heterocycles. The highest BCUT2D eigenvalue weighted by atomic mass is 79.9. The summed E-state index contributed by atoms with van der Waals surface area (Å²) in [4.78, 5) is 10.6. The molecule has 0 aliphatic rings. The third kappa shape index (κ3) is 3.69. The summed E-state index contributed by atoms with van der Waals surface area (Å²) in [5.74, 6) is 0.593. The second-order valence-electron chi connectivity index (χ2n) is 4.16. The lowest BCUT2D eigenvalue weighted by molar-refractivity contribution is 0.112. The van der Waals surface area contributed by atoms with Gasteiger partial charge in [-0.3, -0.25) is 4.79 Å². The normalized spacial score (nSPS) is 11.8. The van der Waals surface area contributed by atoms with E-state index in [9.17, 15) is 4.79 Å². The minimum atomic E-state index is -1.49. The van der Waals surface area contributed by atoms with Gasteiger partial charge in [-0.05, 0) is 33.5 Å². The highest BCUT2D eigenvalue weighted by Crippen LogP contribution is 2.26. The van der Waals surface area contributed by atoms with E-state index in [2.05, 4.69) is 15.9 Å². The number of benzene rings is 2. The number of alkyl halides is 1. The number of rotatable bonds is 5. The van der Waals surface area contributed by atoms with Crippen LogP contribution in [0.25, 0.3) is 0 Å². The van der Waals surface area contributed by atoms with Crippen molar-refractivity contribution in [3.8, 4) is 5.75 Å². The number of halogens is 1. The van der Waals surface area contributed by atoms with Crippen molar-refractivity contribution < 1.29 is 19.6 Å². The topological polar surface area (TPSA) is 66.8 Å². The standard InChI is InChI=1S/C14H12BBrO4/c16-14(11-3-1-10(9-17)2-4-11)20-13-7-5-12(6-8-13)15(18)19/h1-9,14,18-19H. The van der Waals surface area contributed by atoms with Gasteiger partial charge in [0.25, 0.3) is 0 Å². The van der Waals surface area contributed by atoms with Crippen molar-refractivity contribution in [2.75, 3.05) is 0 Å². The van der Waals surface area contributed by atoms with Crippen LogP contribution in [0.3, 0.4) is 0 Å². The van der Waals surface area contributed by atoms with Gasteiger partial charge in [0.05, 0.1) is 0 Å². The van der Waals surface area contributed by atoms with Crippen LogP contribution in [0, 0.1) is 0 Å². The third-order valence-electron chi connectivity index (χ3n) is 2.75. The highest BCUT2D eigenvalue weighted by molar-refractivity contribution is 9.09. The molecule has 102 valence electrons. The first-order valence-corrected chi connectivity index (χ1v) is 6.83. The number of carbonyl (C=O) groups excluding carboxylic acids is 1. The van der Waals surface area contributed by atoms with Crippen molar-refractivity contribution in [2.24, 2.45) is 0 Å². The summed E-state index contributed by atoms with van der Waals surface area (Å²) in [6.07, 6.45) is 0.785. The summed E-state index contributed by atoms with van der Waals surface area (Å²) in [6.45, 7) is 0. The molecule has 2 aromatic carbocycles. The van der Waals surface area contributed by atoms with Crippen molar-refractivity contribution in [2.45, 2.75) is 5.01 Å². The van der Waals surface area contributed by atoms with E-state index < -0.39 is 7.12 Å². The molecule has 0 radical (unpaired) electrons. The van der Waals surface area contributed by atoms with E-state index in [-0.39, 0.29) is 5.01 Å². The van der Waals surface area contributed by atoms with Gasteiger partial charge in [0.15, 0.2) is 5.01 Å². The molecule has 0 fully saturated rings. The number of ether oxygens (including phenoxy) is 1. The van der Waals surface area contributed by atoms with Crippen molar-refractivity contribution in [1.29, 1.82) is 0 Å². The molecule has 0 amide bonds. The molecule has 0 aliphatic heterocycles. The maximum Gasteiger partial charge on any atom is 0.488 e. The molecule has 2 rings (SSSR count). The predicted octanol–water partition coefficient (Wildman–Crippen LogP) is 1.65. The van der Waals surface area contributed by atoms with E-state index in [1.165, 1.54) is 0 Å². The summed E-state index contributed by atoms with van der Waals surface area (Å²) >= 11 is 3.41. The second kappa shape index (κ2) is 6.70. The zero-order valence-electron chi connectivity index (χ0n) is 10.4. The molecular weight excluding hydrogens is 323 g/mol. The molecule has 2 N–H and O–H groups in total. The van der Waals surface area contributed by atoms with Crippen LogP contribution in [0.15, 0.2) is 48.5 Å². The van der Waals surface area contributed by atoms with Gasteiger partial charge >= 0.3 is 7.12 Å². The van der Waals surface area contributed by atoms with Gasteiger partial charge in [-0.1, -0.05) is 36.4 Å². The van der Waals surface area contributed by atoms with E-state index in [0.717, 1.165) is 11.8 Å². The highest BCUT2D eigenvalue weighted by Gasteiger charge is 2.12. The summed E-state index contributed by atoms with van der Waals surface area (Å²) < 4.78 is 5.67.